The van der Waals surface area contributed by atoms with E-state index in [1.54, 1.807) is 0 Å². The van der Waals surface area contributed by atoms with Gasteiger partial charge in [-0.1, -0.05) is 6.92 Å². The lowest BCUT2D eigenvalue weighted by atomic mass is 10.2. The third-order valence-corrected chi connectivity index (χ3v) is 4.10. The topological polar surface area (TPSA) is 12.9 Å². The molecule has 1 aliphatic rings. The number of nitrogens with zero attached hydrogens (tertiary/aromatic N) is 1. The second-order valence-corrected chi connectivity index (χ2v) is 5.23. The molecule has 1 aliphatic carbocycles. The van der Waals surface area contributed by atoms with E-state index < -0.39 is 0 Å². The molecule has 0 unspecified atom stereocenters. The average molecular weight is 216 g/mol. The van der Waals surface area contributed by atoms with Gasteiger partial charge < -0.3 is 0 Å². The van der Waals surface area contributed by atoms with Gasteiger partial charge in [0.2, 0.25) is 0 Å². The largest absolute Gasteiger partial charge is 0.246 e. The van der Waals surface area contributed by atoms with Crippen molar-refractivity contribution < 1.29 is 0 Å². The molecule has 0 spiro atoms. The van der Waals surface area contributed by atoms with E-state index in [1.165, 1.54) is 23.5 Å². The molecule has 0 aromatic carbocycles. The number of aryl methyl sites for hydroxylation is 1. The number of hydrogen-bond acceptors (Lipinski definition) is 2. The van der Waals surface area contributed by atoms with Crippen LogP contribution in [0.3, 0.4) is 0 Å². The summed E-state index contributed by atoms with van der Waals surface area (Å²) in [6.07, 6.45) is 4.71. The summed E-state index contributed by atoms with van der Waals surface area (Å²) in [5.74, 6) is 0.740. The fraction of sp³-hybridized carbons (Fsp3) is 0.700. The van der Waals surface area contributed by atoms with E-state index in [2.05, 4.69) is 17.3 Å². The van der Waals surface area contributed by atoms with Crippen LogP contribution in [0.5, 0.6) is 0 Å². The van der Waals surface area contributed by atoms with Gasteiger partial charge in [-0.2, -0.15) is 0 Å². The van der Waals surface area contributed by atoms with Crippen molar-refractivity contribution >= 4 is 22.9 Å². The lowest BCUT2D eigenvalue weighted by Gasteiger charge is -2.00. The number of aromatic nitrogens is 1. The molecular weight excluding hydrogens is 202 g/mol. The predicted octanol–water partition coefficient (Wildman–Crippen LogP) is 3.37. The van der Waals surface area contributed by atoms with Crippen LogP contribution >= 0.6 is 22.9 Å². The summed E-state index contributed by atoms with van der Waals surface area (Å²) < 4.78 is 0. The molecule has 0 amide bonds. The van der Waals surface area contributed by atoms with Crippen molar-refractivity contribution in [2.24, 2.45) is 0 Å². The minimum absolute atomic E-state index is 0.434. The Morgan fingerprint density at radius 1 is 1.62 bits per heavy atom. The van der Waals surface area contributed by atoms with Crippen molar-refractivity contribution in [2.45, 2.75) is 38.0 Å². The summed E-state index contributed by atoms with van der Waals surface area (Å²) in [5.41, 5.74) is 1.66. The van der Waals surface area contributed by atoms with Gasteiger partial charge in [-0.25, -0.2) is 4.98 Å². The second-order valence-electron chi connectivity index (χ2n) is 4.00. The first-order valence-electron chi connectivity index (χ1n) is 4.75. The summed E-state index contributed by atoms with van der Waals surface area (Å²) in [6.45, 7) is 2.30. The van der Waals surface area contributed by atoms with E-state index in [1.807, 2.05) is 11.3 Å². The monoisotopic (exact) mass is 215 g/mol. The van der Waals surface area contributed by atoms with Crippen molar-refractivity contribution in [1.29, 1.82) is 0 Å². The fourth-order valence-corrected chi connectivity index (χ4v) is 2.56. The zero-order valence-electron chi connectivity index (χ0n) is 7.85. The zero-order chi connectivity index (χ0) is 9.31. The van der Waals surface area contributed by atoms with Crippen molar-refractivity contribution in [2.75, 3.05) is 5.88 Å². The normalized spacial score (nSPS) is 18.9. The molecule has 0 aliphatic heterocycles. The molecule has 3 heteroatoms. The van der Waals surface area contributed by atoms with Gasteiger partial charge in [0.15, 0.2) is 0 Å². The van der Waals surface area contributed by atoms with Crippen molar-refractivity contribution in [1.82, 2.24) is 4.98 Å². The molecule has 13 heavy (non-hydrogen) atoms. The maximum absolute atomic E-state index is 5.64. The van der Waals surface area contributed by atoms with Crippen LogP contribution in [0.4, 0.5) is 0 Å². The van der Waals surface area contributed by atoms with Crippen molar-refractivity contribution in [3.8, 4) is 0 Å². The van der Waals surface area contributed by atoms with Crippen LogP contribution in [0, 0.1) is 0 Å². The van der Waals surface area contributed by atoms with Crippen LogP contribution < -0.4 is 0 Å². The predicted molar refractivity (Wildman–Crippen MR) is 57.7 cm³/mol. The molecule has 0 saturated heterocycles. The first kappa shape index (κ1) is 9.47. The molecule has 2 rings (SSSR count). The molecule has 0 atom stereocenters. The van der Waals surface area contributed by atoms with Crippen LogP contribution in [0.25, 0.3) is 0 Å². The van der Waals surface area contributed by atoms with E-state index in [9.17, 15) is 0 Å². The van der Waals surface area contributed by atoms with Gasteiger partial charge >= 0.3 is 0 Å². The second kappa shape index (κ2) is 3.58. The Hall–Kier alpha value is -0.0800. The van der Waals surface area contributed by atoms with E-state index in [0.717, 1.165) is 18.7 Å². The Morgan fingerprint density at radius 2 is 2.38 bits per heavy atom. The Kier molecular flexibility index (Phi) is 2.61. The van der Waals surface area contributed by atoms with E-state index in [0.29, 0.717) is 5.41 Å². The molecule has 1 heterocycles. The summed E-state index contributed by atoms with van der Waals surface area (Å²) in [7, 11) is 0. The smallest absolute Gasteiger partial charge is 0.0987 e. The van der Waals surface area contributed by atoms with Gasteiger partial charge in [0.05, 0.1) is 10.7 Å². The molecule has 1 saturated carbocycles. The molecular formula is C10H14ClNS. The lowest BCUT2D eigenvalue weighted by Crippen LogP contribution is -1.99. The van der Waals surface area contributed by atoms with E-state index >= 15 is 0 Å². The number of thiazole rings is 1. The van der Waals surface area contributed by atoms with Crippen LogP contribution in [0.15, 0.2) is 5.38 Å². The van der Waals surface area contributed by atoms with Crippen LogP contribution in [-0.4, -0.2) is 10.9 Å². The third-order valence-electron chi connectivity index (χ3n) is 2.63. The number of hydrogen-bond donors (Lipinski definition) is 0. The van der Waals surface area contributed by atoms with Gasteiger partial charge in [0, 0.05) is 16.7 Å². The van der Waals surface area contributed by atoms with Gasteiger partial charge in [0.25, 0.3) is 0 Å². The molecule has 1 aromatic heterocycles. The Bertz CT molecular complexity index is 291. The van der Waals surface area contributed by atoms with Crippen molar-refractivity contribution in [3.05, 3.63) is 16.1 Å². The van der Waals surface area contributed by atoms with E-state index in [4.69, 9.17) is 11.6 Å². The van der Waals surface area contributed by atoms with Gasteiger partial charge in [-0.3, -0.25) is 0 Å². The SMILES string of the molecule is CC1(c2nc(CCCCl)cs2)CC1. The minimum atomic E-state index is 0.434. The third kappa shape index (κ3) is 2.05. The number of halogens is 1. The maximum Gasteiger partial charge on any atom is 0.0987 e. The van der Waals surface area contributed by atoms with Crippen LogP contribution in [-0.2, 0) is 11.8 Å². The highest BCUT2D eigenvalue weighted by atomic mass is 35.5. The molecule has 72 valence electrons. The quantitative estimate of drug-likeness (QED) is 0.702. The molecule has 1 nitrogen and oxygen atoms in total. The molecule has 0 N–H and O–H groups in total. The average Bonchev–Trinajstić information content (AvgIpc) is 2.69. The van der Waals surface area contributed by atoms with Gasteiger partial charge in [-0.15, -0.1) is 22.9 Å². The highest BCUT2D eigenvalue weighted by Gasteiger charge is 2.41. The standard InChI is InChI=1S/C10H14ClNS/c1-10(4-5-10)9-12-8(7-13-9)3-2-6-11/h7H,2-6H2,1H3. The lowest BCUT2D eigenvalue weighted by molar-refractivity contribution is 0.763. The highest BCUT2D eigenvalue weighted by Crippen LogP contribution is 2.48. The molecule has 1 fully saturated rings. The number of rotatable bonds is 4. The summed E-state index contributed by atoms with van der Waals surface area (Å²) in [5, 5.41) is 3.52. The summed E-state index contributed by atoms with van der Waals surface area (Å²) in [6, 6.07) is 0. The maximum atomic E-state index is 5.64. The Balaban J connectivity index is 2.01. The fourth-order valence-electron chi connectivity index (χ4n) is 1.35. The molecule has 0 radical (unpaired) electrons. The van der Waals surface area contributed by atoms with Crippen LogP contribution in [0.2, 0.25) is 0 Å². The Labute approximate surface area is 88.1 Å². The zero-order valence-corrected chi connectivity index (χ0v) is 9.42. The minimum Gasteiger partial charge on any atom is -0.246 e. The molecule has 1 aromatic rings. The highest BCUT2D eigenvalue weighted by molar-refractivity contribution is 7.09. The van der Waals surface area contributed by atoms with Crippen LogP contribution in [0.1, 0.15) is 36.9 Å². The summed E-state index contributed by atoms with van der Waals surface area (Å²) >= 11 is 7.45. The van der Waals surface area contributed by atoms with E-state index in [-0.39, 0.29) is 0 Å². The summed E-state index contributed by atoms with van der Waals surface area (Å²) in [4.78, 5) is 4.64. The van der Waals surface area contributed by atoms with Gasteiger partial charge in [0.1, 0.15) is 0 Å². The van der Waals surface area contributed by atoms with Crippen molar-refractivity contribution in [3.63, 3.8) is 0 Å². The first-order valence-corrected chi connectivity index (χ1v) is 6.17. The van der Waals surface area contributed by atoms with Gasteiger partial charge in [-0.05, 0) is 25.7 Å². The Morgan fingerprint density at radius 3 is 3.00 bits per heavy atom. The first-order chi connectivity index (χ1) is 6.24. The molecule has 0 bridgehead atoms. The number of alkyl halides is 1.